The van der Waals surface area contributed by atoms with Crippen molar-refractivity contribution < 1.29 is 4.42 Å². The SMILES string of the molecule is CC1(C)c2ccc(-c3cccc(N(c4ccc(-c5cccc6oc7ccccc7c56)cc4)c4ccc5c(c4)C(C)(C)c4ccccc4-5)c3)cc2-c2ccc(-c3ccccc3)cc21. The van der Waals surface area contributed by atoms with Crippen LogP contribution in [0.15, 0.2) is 205 Å². The minimum Gasteiger partial charge on any atom is -0.456 e. The van der Waals surface area contributed by atoms with Gasteiger partial charge in [0.1, 0.15) is 11.2 Å². The number of anilines is 3. The van der Waals surface area contributed by atoms with Crippen LogP contribution in [0.2, 0.25) is 0 Å². The molecule has 1 aromatic heterocycles. The first kappa shape index (κ1) is 36.4. The molecule has 0 saturated carbocycles. The van der Waals surface area contributed by atoms with Crippen LogP contribution in [-0.4, -0.2) is 0 Å². The highest BCUT2D eigenvalue weighted by molar-refractivity contribution is 6.12. The molecule has 12 rings (SSSR count). The van der Waals surface area contributed by atoms with Crippen LogP contribution < -0.4 is 4.90 Å². The monoisotopic (exact) mass is 795 g/mol. The molecule has 0 N–H and O–H groups in total. The number of benzene rings is 9. The quantitative estimate of drug-likeness (QED) is 0.167. The maximum absolute atomic E-state index is 6.28. The van der Waals surface area contributed by atoms with E-state index in [0.29, 0.717) is 0 Å². The van der Waals surface area contributed by atoms with E-state index in [9.17, 15) is 0 Å². The lowest BCUT2D eigenvalue weighted by Gasteiger charge is -2.28. The number of nitrogens with zero attached hydrogens (tertiary/aromatic N) is 1. The molecule has 0 saturated heterocycles. The summed E-state index contributed by atoms with van der Waals surface area (Å²) in [6, 6.07) is 73.6. The summed E-state index contributed by atoms with van der Waals surface area (Å²) >= 11 is 0. The lowest BCUT2D eigenvalue weighted by molar-refractivity contribution is 0.660. The standard InChI is InChI=1S/C60H45NO/c1-59(2)52-21-10-8-18-47(52)48-32-30-45(37-55(48)59)61(43-28-24-39(25-29-43)46-20-13-23-57-58(46)50-19-9-11-22-56(50)62-57)44-17-12-16-40(34-44)41-27-33-53-51(35-41)49-31-26-42(36-54(49)60(53,3)4)38-14-6-5-7-15-38/h5-37H,1-4H3. The summed E-state index contributed by atoms with van der Waals surface area (Å²) in [7, 11) is 0. The number of hydrogen-bond donors (Lipinski definition) is 0. The van der Waals surface area contributed by atoms with E-state index in [1.54, 1.807) is 0 Å². The summed E-state index contributed by atoms with van der Waals surface area (Å²) in [5, 5.41) is 2.29. The van der Waals surface area contributed by atoms with Gasteiger partial charge in [0.05, 0.1) is 0 Å². The van der Waals surface area contributed by atoms with E-state index in [0.717, 1.165) is 44.6 Å². The van der Waals surface area contributed by atoms with Crippen LogP contribution >= 0.6 is 0 Å². The molecule has 62 heavy (non-hydrogen) atoms. The van der Waals surface area contributed by atoms with Gasteiger partial charge in [0.15, 0.2) is 0 Å². The normalized spacial score (nSPS) is 14.1. The molecule has 2 nitrogen and oxygen atoms in total. The van der Waals surface area contributed by atoms with E-state index in [2.05, 4.69) is 227 Å². The van der Waals surface area contributed by atoms with Gasteiger partial charge in [-0.05, 0) is 139 Å². The molecule has 0 unspecified atom stereocenters. The molecule has 0 radical (unpaired) electrons. The Morgan fingerprint density at radius 1 is 0.323 bits per heavy atom. The van der Waals surface area contributed by atoms with Crippen LogP contribution in [-0.2, 0) is 10.8 Å². The van der Waals surface area contributed by atoms with Crippen molar-refractivity contribution in [2.24, 2.45) is 0 Å². The first-order valence-electron chi connectivity index (χ1n) is 21.7. The Bertz CT molecular complexity index is 3400. The van der Waals surface area contributed by atoms with Gasteiger partial charge in [0.25, 0.3) is 0 Å². The van der Waals surface area contributed by atoms with Crippen molar-refractivity contribution in [1.82, 2.24) is 0 Å². The molecule has 0 bridgehead atoms. The van der Waals surface area contributed by atoms with E-state index in [4.69, 9.17) is 4.42 Å². The second kappa shape index (κ2) is 13.5. The van der Waals surface area contributed by atoms with Gasteiger partial charge in [-0.15, -0.1) is 0 Å². The Morgan fingerprint density at radius 3 is 1.73 bits per heavy atom. The van der Waals surface area contributed by atoms with Crippen molar-refractivity contribution in [2.75, 3.05) is 4.90 Å². The molecule has 0 aliphatic heterocycles. The highest BCUT2D eigenvalue weighted by Crippen LogP contribution is 2.53. The van der Waals surface area contributed by atoms with Crippen molar-refractivity contribution in [1.29, 1.82) is 0 Å². The third-order valence-electron chi connectivity index (χ3n) is 13.9. The lowest BCUT2D eigenvalue weighted by Crippen LogP contribution is -2.16. The van der Waals surface area contributed by atoms with Gasteiger partial charge in [0.2, 0.25) is 0 Å². The van der Waals surface area contributed by atoms with Crippen LogP contribution in [0.4, 0.5) is 17.1 Å². The molecule has 0 atom stereocenters. The predicted octanol–water partition coefficient (Wildman–Crippen LogP) is 16.7. The first-order valence-corrected chi connectivity index (χ1v) is 21.7. The fourth-order valence-corrected chi connectivity index (χ4v) is 10.7. The third kappa shape index (κ3) is 5.49. The summed E-state index contributed by atoms with van der Waals surface area (Å²) in [4.78, 5) is 2.43. The van der Waals surface area contributed by atoms with Crippen LogP contribution in [0, 0.1) is 0 Å². The maximum Gasteiger partial charge on any atom is 0.136 e. The Labute approximate surface area is 363 Å². The van der Waals surface area contributed by atoms with E-state index < -0.39 is 0 Å². The second-order valence-corrected chi connectivity index (χ2v) is 18.1. The Balaban J connectivity index is 0.974. The molecule has 1 heterocycles. The Hall–Kier alpha value is -7.42. The highest BCUT2D eigenvalue weighted by Gasteiger charge is 2.37. The van der Waals surface area contributed by atoms with Gasteiger partial charge >= 0.3 is 0 Å². The molecule has 2 heteroatoms. The number of furan rings is 1. The molecule has 296 valence electrons. The van der Waals surface area contributed by atoms with E-state index in [1.807, 2.05) is 6.07 Å². The largest absolute Gasteiger partial charge is 0.456 e. The third-order valence-corrected chi connectivity index (χ3v) is 13.9. The molecule has 0 amide bonds. The summed E-state index contributed by atoms with van der Waals surface area (Å²) in [6.45, 7) is 9.45. The smallest absolute Gasteiger partial charge is 0.136 e. The highest BCUT2D eigenvalue weighted by atomic mass is 16.3. The summed E-state index contributed by atoms with van der Waals surface area (Å²) < 4.78 is 6.28. The van der Waals surface area contributed by atoms with Gasteiger partial charge < -0.3 is 9.32 Å². The average molecular weight is 796 g/mol. The zero-order chi connectivity index (χ0) is 41.7. The molecular formula is C60H45NO. The number of fused-ring (bicyclic) bond motifs is 9. The van der Waals surface area contributed by atoms with Crippen LogP contribution in [0.1, 0.15) is 49.9 Å². The van der Waals surface area contributed by atoms with E-state index in [1.165, 1.54) is 72.3 Å². The lowest BCUT2D eigenvalue weighted by atomic mass is 9.81. The van der Waals surface area contributed by atoms with E-state index >= 15 is 0 Å². The van der Waals surface area contributed by atoms with Crippen molar-refractivity contribution >= 4 is 39.0 Å². The molecule has 9 aromatic carbocycles. The topological polar surface area (TPSA) is 16.4 Å². The van der Waals surface area contributed by atoms with Gasteiger partial charge in [-0.3, -0.25) is 0 Å². The fraction of sp³-hybridized carbons (Fsp3) is 0.100. The Morgan fingerprint density at radius 2 is 0.871 bits per heavy atom. The van der Waals surface area contributed by atoms with Gasteiger partial charge in [-0.25, -0.2) is 0 Å². The van der Waals surface area contributed by atoms with E-state index in [-0.39, 0.29) is 10.8 Å². The van der Waals surface area contributed by atoms with Crippen molar-refractivity contribution in [3.63, 3.8) is 0 Å². The van der Waals surface area contributed by atoms with Crippen molar-refractivity contribution in [2.45, 2.75) is 38.5 Å². The molecule has 2 aliphatic carbocycles. The van der Waals surface area contributed by atoms with Gasteiger partial charge in [-0.2, -0.15) is 0 Å². The average Bonchev–Trinajstić information content (AvgIpc) is 3.89. The van der Waals surface area contributed by atoms with Gasteiger partial charge in [-0.1, -0.05) is 167 Å². The number of hydrogen-bond acceptors (Lipinski definition) is 2. The summed E-state index contributed by atoms with van der Waals surface area (Å²) in [5.74, 6) is 0. The summed E-state index contributed by atoms with van der Waals surface area (Å²) in [6.07, 6.45) is 0. The number of para-hydroxylation sites is 1. The van der Waals surface area contributed by atoms with Crippen molar-refractivity contribution in [3.05, 3.63) is 222 Å². The maximum atomic E-state index is 6.28. The predicted molar refractivity (Wildman–Crippen MR) is 260 cm³/mol. The molecule has 10 aromatic rings. The molecule has 0 spiro atoms. The first-order chi connectivity index (χ1) is 30.2. The van der Waals surface area contributed by atoms with Gasteiger partial charge in [0, 0.05) is 38.7 Å². The molecule has 0 fully saturated rings. The van der Waals surface area contributed by atoms with Crippen molar-refractivity contribution in [3.8, 4) is 55.6 Å². The van der Waals surface area contributed by atoms with Crippen LogP contribution in [0.25, 0.3) is 77.6 Å². The zero-order valence-corrected chi connectivity index (χ0v) is 35.4. The van der Waals surface area contributed by atoms with Crippen LogP contribution in [0.3, 0.4) is 0 Å². The molecule has 2 aliphatic rings. The minimum absolute atomic E-state index is 0.101. The second-order valence-electron chi connectivity index (χ2n) is 18.1. The minimum atomic E-state index is -0.123. The molecular weight excluding hydrogens is 751 g/mol. The number of rotatable bonds is 6. The van der Waals surface area contributed by atoms with Crippen LogP contribution in [0.5, 0.6) is 0 Å². The zero-order valence-electron chi connectivity index (χ0n) is 35.4. The fourth-order valence-electron chi connectivity index (χ4n) is 10.7. The Kier molecular flexibility index (Phi) is 7.96. The summed E-state index contributed by atoms with van der Waals surface area (Å²) in [5.41, 5.74) is 22.9.